The summed E-state index contributed by atoms with van der Waals surface area (Å²) in [7, 11) is 0. The molecule has 0 radical (unpaired) electrons. The summed E-state index contributed by atoms with van der Waals surface area (Å²) in [6.07, 6.45) is 3.07. The molecule has 0 aliphatic carbocycles. The summed E-state index contributed by atoms with van der Waals surface area (Å²) in [5.74, 6) is -1.02. The Bertz CT molecular complexity index is 806. The van der Waals surface area contributed by atoms with Crippen molar-refractivity contribution in [1.82, 2.24) is 5.43 Å². The Morgan fingerprint density at radius 2 is 1.96 bits per heavy atom. The van der Waals surface area contributed by atoms with Gasteiger partial charge in [0.25, 0.3) is 0 Å². The summed E-state index contributed by atoms with van der Waals surface area (Å²) in [4.78, 5) is 23.5. The van der Waals surface area contributed by atoms with Crippen LogP contribution in [0.2, 0.25) is 0 Å². The van der Waals surface area contributed by atoms with E-state index >= 15 is 0 Å². The normalized spacial score (nSPS) is 10.3. The minimum Gasteiger partial charge on any atom is -0.490 e. The highest BCUT2D eigenvalue weighted by Gasteiger charge is 2.12. The van der Waals surface area contributed by atoms with Crippen LogP contribution in [0.5, 0.6) is 5.75 Å². The Hall–Kier alpha value is -2.93. The van der Waals surface area contributed by atoms with Crippen LogP contribution >= 0.6 is 15.9 Å². The van der Waals surface area contributed by atoms with E-state index in [1.165, 1.54) is 6.21 Å². The molecule has 0 fully saturated rings. The summed E-state index contributed by atoms with van der Waals surface area (Å²) in [5, 5.41) is 6.25. The lowest BCUT2D eigenvalue weighted by Crippen LogP contribution is -2.32. The van der Waals surface area contributed by atoms with E-state index in [-0.39, 0.29) is 0 Å². The van der Waals surface area contributed by atoms with E-state index in [0.29, 0.717) is 23.6 Å². The number of amides is 2. The third kappa shape index (κ3) is 6.23. The lowest BCUT2D eigenvalue weighted by Gasteiger charge is -2.04. The number of ether oxygens (including phenoxy) is 1. The molecule has 0 atom stereocenters. The van der Waals surface area contributed by atoms with Crippen LogP contribution in [0.15, 0.2) is 70.8 Å². The minimum absolute atomic E-state index is 0.396. The van der Waals surface area contributed by atoms with Gasteiger partial charge in [0.2, 0.25) is 0 Å². The van der Waals surface area contributed by atoms with Crippen molar-refractivity contribution in [2.24, 2.45) is 5.10 Å². The molecule has 128 valence electrons. The van der Waals surface area contributed by atoms with Gasteiger partial charge < -0.3 is 10.1 Å². The lowest BCUT2D eigenvalue weighted by molar-refractivity contribution is -0.136. The summed E-state index contributed by atoms with van der Waals surface area (Å²) < 4.78 is 6.20. The molecule has 0 heterocycles. The minimum atomic E-state index is -0.865. The van der Waals surface area contributed by atoms with E-state index in [4.69, 9.17) is 4.74 Å². The molecule has 0 spiro atoms. The van der Waals surface area contributed by atoms with E-state index in [1.807, 2.05) is 6.07 Å². The molecule has 0 saturated carbocycles. The maximum Gasteiger partial charge on any atom is 0.329 e. The molecule has 2 aromatic carbocycles. The number of hydrazone groups is 1. The Morgan fingerprint density at radius 3 is 2.72 bits per heavy atom. The van der Waals surface area contributed by atoms with Crippen LogP contribution in [0.25, 0.3) is 0 Å². The Labute approximate surface area is 153 Å². The smallest absolute Gasteiger partial charge is 0.329 e. The summed E-state index contributed by atoms with van der Waals surface area (Å²) >= 11 is 3.29. The van der Waals surface area contributed by atoms with Crippen LogP contribution in [0.3, 0.4) is 0 Å². The number of hydrogen-bond acceptors (Lipinski definition) is 4. The quantitative estimate of drug-likeness (QED) is 0.337. The third-order valence-electron chi connectivity index (χ3n) is 2.89. The molecular weight excluding hydrogens is 386 g/mol. The van der Waals surface area contributed by atoms with Crippen LogP contribution in [-0.4, -0.2) is 24.6 Å². The van der Waals surface area contributed by atoms with Crippen molar-refractivity contribution >= 4 is 39.6 Å². The zero-order valence-corrected chi connectivity index (χ0v) is 14.8. The maximum atomic E-state index is 11.8. The van der Waals surface area contributed by atoms with Gasteiger partial charge >= 0.3 is 11.8 Å². The maximum absolute atomic E-state index is 11.8. The number of carbonyl (C=O) groups is 2. The zero-order chi connectivity index (χ0) is 18.1. The number of nitrogens with zero attached hydrogens (tertiary/aromatic N) is 1. The first-order chi connectivity index (χ1) is 12.1. The molecule has 0 aromatic heterocycles. The van der Waals surface area contributed by atoms with Gasteiger partial charge in [-0.05, 0) is 35.9 Å². The monoisotopic (exact) mass is 401 g/mol. The van der Waals surface area contributed by atoms with Crippen molar-refractivity contribution in [3.63, 3.8) is 0 Å². The van der Waals surface area contributed by atoms with Crippen LogP contribution in [-0.2, 0) is 9.59 Å². The molecule has 2 amide bonds. The first kappa shape index (κ1) is 18.4. The van der Waals surface area contributed by atoms with Crippen molar-refractivity contribution < 1.29 is 14.3 Å². The van der Waals surface area contributed by atoms with Gasteiger partial charge in [0.1, 0.15) is 12.4 Å². The van der Waals surface area contributed by atoms with Crippen molar-refractivity contribution in [2.45, 2.75) is 0 Å². The molecule has 0 unspecified atom stereocenters. The Morgan fingerprint density at radius 1 is 1.16 bits per heavy atom. The number of rotatable bonds is 6. The number of nitrogens with one attached hydrogen (secondary N) is 2. The molecule has 0 aliphatic rings. The highest BCUT2D eigenvalue weighted by atomic mass is 79.9. The van der Waals surface area contributed by atoms with E-state index < -0.39 is 11.8 Å². The van der Waals surface area contributed by atoms with E-state index in [9.17, 15) is 9.59 Å². The first-order valence-corrected chi connectivity index (χ1v) is 8.11. The van der Waals surface area contributed by atoms with Gasteiger partial charge in [-0.25, -0.2) is 5.43 Å². The molecule has 25 heavy (non-hydrogen) atoms. The summed E-state index contributed by atoms with van der Waals surface area (Å²) in [6, 6.07) is 14.0. The molecular formula is C18H16BrN3O3. The SMILES string of the molecule is C=CCOc1cccc(/C=N\NC(=O)C(=O)Nc2cccc(Br)c2)c1. The van der Waals surface area contributed by atoms with E-state index in [0.717, 1.165) is 4.47 Å². The average molecular weight is 402 g/mol. The molecule has 7 heteroatoms. The molecule has 2 N–H and O–H groups in total. The van der Waals surface area contributed by atoms with Crippen molar-refractivity contribution in [3.8, 4) is 5.75 Å². The second-order valence-electron chi connectivity index (χ2n) is 4.84. The Balaban J connectivity index is 1.89. The molecule has 2 aromatic rings. The van der Waals surface area contributed by atoms with Gasteiger partial charge in [-0.3, -0.25) is 9.59 Å². The van der Waals surface area contributed by atoms with Crippen LogP contribution < -0.4 is 15.5 Å². The fourth-order valence-corrected chi connectivity index (χ4v) is 2.21. The predicted octanol–water partition coefficient (Wildman–Crippen LogP) is 3.10. The van der Waals surface area contributed by atoms with Gasteiger partial charge in [-0.2, -0.15) is 5.10 Å². The number of benzene rings is 2. The highest BCUT2D eigenvalue weighted by molar-refractivity contribution is 9.10. The van der Waals surface area contributed by atoms with Gasteiger partial charge in [-0.15, -0.1) is 0 Å². The predicted molar refractivity (Wildman–Crippen MR) is 101 cm³/mol. The van der Waals surface area contributed by atoms with Crippen molar-refractivity contribution in [3.05, 3.63) is 71.2 Å². The largest absolute Gasteiger partial charge is 0.490 e. The van der Waals surface area contributed by atoms with Crippen LogP contribution in [0.1, 0.15) is 5.56 Å². The lowest BCUT2D eigenvalue weighted by atomic mass is 10.2. The second kappa shape index (κ2) is 9.39. The molecule has 0 saturated heterocycles. The standard InChI is InChI=1S/C18H16BrN3O3/c1-2-9-25-16-8-3-5-13(10-16)12-20-22-18(24)17(23)21-15-7-4-6-14(19)11-15/h2-8,10-12H,1,9H2,(H,21,23)(H,22,24)/b20-12-. The number of halogens is 1. The van der Waals surface area contributed by atoms with E-state index in [2.05, 4.69) is 38.4 Å². The number of hydrogen-bond donors (Lipinski definition) is 2. The van der Waals surface area contributed by atoms with Crippen molar-refractivity contribution in [1.29, 1.82) is 0 Å². The van der Waals surface area contributed by atoms with Gasteiger partial charge in [0.05, 0.1) is 6.21 Å². The topological polar surface area (TPSA) is 79.8 Å². The third-order valence-corrected chi connectivity index (χ3v) is 3.39. The van der Waals surface area contributed by atoms with Crippen LogP contribution in [0.4, 0.5) is 5.69 Å². The number of carbonyl (C=O) groups excluding carboxylic acids is 2. The van der Waals surface area contributed by atoms with Gasteiger partial charge in [0.15, 0.2) is 0 Å². The number of anilines is 1. The van der Waals surface area contributed by atoms with E-state index in [1.54, 1.807) is 48.5 Å². The second-order valence-corrected chi connectivity index (χ2v) is 5.75. The summed E-state index contributed by atoms with van der Waals surface area (Å²) in [6.45, 7) is 3.98. The molecule has 2 rings (SSSR count). The fraction of sp³-hybridized carbons (Fsp3) is 0.0556. The highest BCUT2D eigenvalue weighted by Crippen LogP contribution is 2.15. The Kier molecular flexibility index (Phi) is 6.91. The van der Waals surface area contributed by atoms with Crippen LogP contribution in [0, 0.1) is 0 Å². The molecule has 0 aliphatic heterocycles. The summed E-state index contributed by atoms with van der Waals surface area (Å²) in [5.41, 5.74) is 3.40. The van der Waals surface area contributed by atoms with Gasteiger partial charge in [-0.1, -0.05) is 46.8 Å². The molecule has 0 bridgehead atoms. The fourth-order valence-electron chi connectivity index (χ4n) is 1.81. The van der Waals surface area contributed by atoms with Crippen molar-refractivity contribution in [2.75, 3.05) is 11.9 Å². The molecule has 6 nitrogen and oxygen atoms in total. The zero-order valence-electron chi connectivity index (χ0n) is 13.2. The first-order valence-electron chi connectivity index (χ1n) is 7.32. The van der Waals surface area contributed by atoms with Gasteiger partial charge in [0, 0.05) is 10.2 Å². The average Bonchev–Trinajstić information content (AvgIpc) is 2.60.